The Morgan fingerprint density at radius 1 is 1.37 bits per heavy atom. The molecule has 0 atom stereocenters. The number of aromatic nitrogens is 3. The molecule has 1 aliphatic rings. The van der Waals surface area contributed by atoms with Gasteiger partial charge in [-0.05, 0) is 44.8 Å². The maximum absolute atomic E-state index is 10.4. The van der Waals surface area contributed by atoms with Gasteiger partial charge in [0.1, 0.15) is 0 Å². The smallest absolute Gasteiger partial charge is 0.404 e. The molecule has 19 heavy (non-hydrogen) atoms. The van der Waals surface area contributed by atoms with Crippen molar-refractivity contribution >= 4 is 6.09 Å². The number of likely N-dealkylation sites (tertiary alicyclic amines) is 1. The second-order valence-corrected chi connectivity index (χ2v) is 4.99. The topological polar surface area (TPSA) is 83.3 Å². The lowest BCUT2D eigenvalue weighted by molar-refractivity contribution is 0.168. The van der Waals surface area contributed by atoms with Crippen LogP contribution in [0.4, 0.5) is 4.79 Å². The molecule has 1 saturated heterocycles. The Balaban J connectivity index is 1.57. The van der Waals surface area contributed by atoms with Gasteiger partial charge in [0.2, 0.25) is 0 Å². The molecular formula is C12H21N5O2. The van der Waals surface area contributed by atoms with E-state index >= 15 is 0 Å². The van der Waals surface area contributed by atoms with Gasteiger partial charge in [-0.25, -0.2) is 4.79 Å². The Kier molecular flexibility index (Phi) is 5.14. The molecule has 1 fully saturated rings. The molecule has 0 aromatic carbocycles. The largest absolute Gasteiger partial charge is 0.465 e. The minimum Gasteiger partial charge on any atom is -0.465 e. The molecule has 7 heteroatoms. The first-order chi connectivity index (χ1) is 9.24. The predicted octanol–water partition coefficient (Wildman–Crippen LogP) is 0.648. The van der Waals surface area contributed by atoms with Crippen molar-refractivity contribution in [3.05, 3.63) is 12.4 Å². The number of nitrogens with one attached hydrogen (secondary N) is 1. The van der Waals surface area contributed by atoms with Crippen LogP contribution in [0.5, 0.6) is 0 Å². The molecule has 1 aromatic rings. The van der Waals surface area contributed by atoms with Crippen molar-refractivity contribution < 1.29 is 9.90 Å². The highest BCUT2D eigenvalue weighted by Crippen LogP contribution is 2.16. The van der Waals surface area contributed by atoms with E-state index in [9.17, 15) is 4.79 Å². The lowest BCUT2D eigenvalue weighted by Gasteiger charge is -2.31. The summed E-state index contributed by atoms with van der Waals surface area (Å²) in [6.07, 6.45) is 5.87. The third-order valence-electron chi connectivity index (χ3n) is 3.58. The van der Waals surface area contributed by atoms with Gasteiger partial charge in [0.25, 0.3) is 0 Å². The molecule has 2 rings (SSSR count). The lowest BCUT2D eigenvalue weighted by Crippen LogP contribution is -2.38. The Morgan fingerprint density at radius 3 is 2.79 bits per heavy atom. The van der Waals surface area contributed by atoms with E-state index in [1.54, 1.807) is 6.20 Å². The Bertz CT molecular complexity index is 373. The molecule has 0 spiro atoms. The summed E-state index contributed by atoms with van der Waals surface area (Å²) < 4.78 is 1.85. The van der Waals surface area contributed by atoms with Crippen molar-refractivity contribution in [2.45, 2.75) is 25.8 Å². The highest BCUT2D eigenvalue weighted by molar-refractivity contribution is 5.64. The number of piperidine rings is 1. The number of carbonyl (C=O) groups is 1. The monoisotopic (exact) mass is 267 g/mol. The van der Waals surface area contributed by atoms with Gasteiger partial charge in [-0.15, -0.1) is 5.10 Å². The van der Waals surface area contributed by atoms with Gasteiger partial charge >= 0.3 is 6.09 Å². The zero-order valence-electron chi connectivity index (χ0n) is 11.0. The minimum absolute atomic E-state index is 0.489. The normalized spacial score (nSPS) is 17.5. The highest BCUT2D eigenvalue weighted by atomic mass is 16.4. The molecule has 0 bridgehead atoms. The number of hydrogen-bond donors (Lipinski definition) is 2. The summed E-state index contributed by atoms with van der Waals surface area (Å²) in [5.74, 6) is 0.489. The molecule has 1 aromatic heterocycles. The summed E-state index contributed by atoms with van der Waals surface area (Å²) in [6, 6.07) is 0. The van der Waals surface area contributed by atoms with Crippen LogP contribution >= 0.6 is 0 Å². The van der Waals surface area contributed by atoms with Gasteiger partial charge in [0.05, 0.1) is 6.20 Å². The van der Waals surface area contributed by atoms with Crippen LogP contribution in [-0.2, 0) is 6.54 Å². The predicted molar refractivity (Wildman–Crippen MR) is 69.8 cm³/mol. The van der Waals surface area contributed by atoms with Crippen molar-refractivity contribution in [3.8, 4) is 0 Å². The molecular weight excluding hydrogens is 246 g/mol. The van der Waals surface area contributed by atoms with Gasteiger partial charge in [-0.2, -0.15) is 0 Å². The van der Waals surface area contributed by atoms with Gasteiger partial charge in [-0.3, -0.25) is 4.68 Å². The van der Waals surface area contributed by atoms with E-state index in [1.807, 2.05) is 10.9 Å². The maximum Gasteiger partial charge on any atom is 0.404 e. The molecule has 2 N–H and O–H groups in total. The first-order valence-electron chi connectivity index (χ1n) is 6.77. The number of hydrogen-bond acceptors (Lipinski definition) is 4. The molecule has 0 aliphatic carbocycles. The highest BCUT2D eigenvalue weighted by Gasteiger charge is 2.19. The van der Waals surface area contributed by atoms with E-state index in [0.717, 1.165) is 45.4 Å². The summed E-state index contributed by atoms with van der Waals surface area (Å²) in [4.78, 5) is 12.9. The third-order valence-corrected chi connectivity index (χ3v) is 3.58. The van der Waals surface area contributed by atoms with E-state index in [-0.39, 0.29) is 0 Å². The van der Waals surface area contributed by atoms with E-state index in [1.165, 1.54) is 0 Å². The van der Waals surface area contributed by atoms with Crippen LogP contribution in [0.3, 0.4) is 0 Å². The summed E-state index contributed by atoms with van der Waals surface area (Å²) in [7, 11) is 0. The Hall–Kier alpha value is -1.63. The van der Waals surface area contributed by atoms with Gasteiger partial charge in [0.15, 0.2) is 0 Å². The molecule has 0 saturated carbocycles. The van der Waals surface area contributed by atoms with Crippen molar-refractivity contribution in [2.24, 2.45) is 5.92 Å². The van der Waals surface area contributed by atoms with Crippen LogP contribution < -0.4 is 5.32 Å². The number of amides is 1. The second kappa shape index (κ2) is 7.08. The fraction of sp³-hybridized carbons (Fsp3) is 0.750. The zero-order chi connectivity index (χ0) is 13.5. The van der Waals surface area contributed by atoms with Gasteiger partial charge < -0.3 is 15.3 Å². The zero-order valence-corrected chi connectivity index (χ0v) is 11.0. The van der Waals surface area contributed by atoms with Crippen LogP contribution in [0.2, 0.25) is 0 Å². The van der Waals surface area contributed by atoms with Crippen molar-refractivity contribution in [1.29, 1.82) is 0 Å². The SMILES string of the molecule is O=C(O)NCC1CCN(CCCn2ccnn2)CC1. The fourth-order valence-corrected chi connectivity index (χ4v) is 2.45. The number of aryl methyl sites for hydroxylation is 1. The summed E-state index contributed by atoms with van der Waals surface area (Å²) in [5, 5.41) is 18.8. The number of nitrogens with zero attached hydrogens (tertiary/aromatic N) is 4. The quantitative estimate of drug-likeness (QED) is 0.790. The van der Waals surface area contributed by atoms with Crippen molar-refractivity contribution in [2.75, 3.05) is 26.2 Å². The fourth-order valence-electron chi connectivity index (χ4n) is 2.45. The van der Waals surface area contributed by atoms with E-state index in [0.29, 0.717) is 12.5 Å². The molecule has 2 heterocycles. The van der Waals surface area contributed by atoms with Crippen molar-refractivity contribution in [3.63, 3.8) is 0 Å². The summed E-state index contributed by atoms with van der Waals surface area (Å²) >= 11 is 0. The average molecular weight is 267 g/mol. The van der Waals surface area contributed by atoms with Crippen LogP contribution in [0.1, 0.15) is 19.3 Å². The van der Waals surface area contributed by atoms with Crippen LogP contribution in [-0.4, -0.2) is 57.3 Å². The summed E-state index contributed by atoms with van der Waals surface area (Å²) in [6.45, 7) is 4.67. The molecule has 7 nitrogen and oxygen atoms in total. The first kappa shape index (κ1) is 13.8. The average Bonchev–Trinajstić information content (AvgIpc) is 2.91. The minimum atomic E-state index is -0.921. The number of rotatable bonds is 6. The summed E-state index contributed by atoms with van der Waals surface area (Å²) in [5.41, 5.74) is 0. The third kappa shape index (κ3) is 4.86. The standard InChI is InChI=1S/C12H21N5O2/c18-12(19)13-10-11-2-7-16(8-3-11)5-1-6-17-9-4-14-15-17/h4,9,11,13H,1-3,5-8,10H2,(H,18,19). The van der Waals surface area contributed by atoms with Crippen molar-refractivity contribution in [1.82, 2.24) is 25.2 Å². The maximum atomic E-state index is 10.4. The Labute approximate surface area is 112 Å². The molecule has 106 valence electrons. The lowest BCUT2D eigenvalue weighted by atomic mass is 9.97. The molecule has 1 aliphatic heterocycles. The molecule has 1 amide bonds. The van der Waals surface area contributed by atoms with E-state index in [2.05, 4.69) is 20.5 Å². The van der Waals surface area contributed by atoms with Crippen LogP contribution in [0, 0.1) is 5.92 Å². The van der Waals surface area contributed by atoms with E-state index < -0.39 is 6.09 Å². The molecule has 0 unspecified atom stereocenters. The van der Waals surface area contributed by atoms with E-state index in [4.69, 9.17) is 5.11 Å². The first-order valence-corrected chi connectivity index (χ1v) is 6.77. The molecule has 0 radical (unpaired) electrons. The number of carboxylic acid groups (broad SMARTS) is 1. The van der Waals surface area contributed by atoms with Crippen LogP contribution in [0.15, 0.2) is 12.4 Å². The Morgan fingerprint density at radius 2 is 2.16 bits per heavy atom. The van der Waals surface area contributed by atoms with Crippen LogP contribution in [0.25, 0.3) is 0 Å². The van der Waals surface area contributed by atoms with Gasteiger partial charge in [0, 0.05) is 19.3 Å². The second-order valence-electron chi connectivity index (χ2n) is 4.99. The van der Waals surface area contributed by atoms with Gasteiger partial charge in [-0.1, -0.05) is 5.21 Å².